The Morgan fingerprint density at radius 1 is 1.38 bits per heavy atom. The molecule has 7 nitrogen and oxygen atoms in total. The first-order valence-corrected chi connectivity index (χ1v) is 7.75. The van der Waals surface area contributed by atoms with Crippen molar-refractivity contribution in [1.82, 2.24) is 19.7 Å². The fourth-order valence-corrected chi connectivity index (χ4v) is 2.50. The molecule has 1 amide bonds. The first-order valence-electron chi connectivity index (χ1n) is 7.75. The molecule has 1 aliphatic rings. The van der Waals surface area contributed by atoms with Gasteiger partial charge in [-0.05, 0) is 31.9 Å². The molecular weight excluding hydrogens is 306 g/mol. The molecule has 0 aliphatic carbocycles. The minimum Gasteiger partial charge on any atom is -0.493 e. The fourth-order valence-electron chi connectivity index (χ4n) is 2.50. The minimum absolute atomic E-state index is 0.190. The van der Waals surface area contributed by atoms with E-state index in [0.29, 0.717) is 23.9 Å². The second kappa shape index (κ2) is 6.66. The third kappa shape index (κ3) is 3.19. The van der Waals surface area contributed by atoms with E-state index in [9.17, 15) is 4.79 Å². The molecule has 2 aromatic heterocycles. The molecule has 124 valence electrons. The number of amides is 1. The topological polar surface area (TPSA) is 81.9 Å². The van der Waals surface area contributed by atoms with Gasteiger partial charge >= 0.3 is 0 Å². The van der Waals surface area contributed by atoms with Crippen LogP contribution in [0.25, 0.3) is 11.5 Å². The van der Waals surface area contributed by atoms with Crippen molar-refractivity contribution in [2.45, 2.75) is 25.8 Å². The first kappa shape index (κ1) is 15.9. The van der Waals surface area contributed by atoms with E-state index in [0.717, 1.165) is 12.8 Å². The third-order valence-electron chi connectivity index (χ3n) is 3.92. The zero-order chi connectivity index (χ0) is 17.1. The lowest BCUT2D eigenvalue weighted by molar-refractivity contribution is -0.112. The summed E-state index contributed by atoms with van der Waals surface area (Å²) in [7, 11) is 0. The second-order valence-corrected chi connectivity index (χ2v) is 5.67. The molecule has 0 aromatic carbocycles. The number of aromatic nitrogens is 4. The molecule has 1 atom stereocenters. The van der Waals surface area contributed by atoms with Gasteiger partial charge in [0.15, 0.2) is 5.82 Å². The van der Waals surface area contributed by atoms with Crippen molar-refractivity contribution >= 4 is 11.7 Å². The molecule has 1 N–H and O–H groups in total. The van der Waals surface area contributed by atoms with Crippen molar-refractivity contribution in [1.29, 1.82) is 0 Å². The van der Waals surface area contributed by atoms with Crippen LogP contribution >= 0.6 is 0 Å². The van der Waals surface area contributed by atoms with E-state index in [1.807, 2.05) is 16.7 Å². The van der Waals surface area contributed by atoms with E-state index in [-0.39, 0.29) is 17.4 Å². The SMILES string of the molecule is C=C1OCCCC(C)n2cnnc2-c2cccc(n2)NC(=O)C1=C. The summed E-state index contributed by atoms with van der Waals surface area (Å²) >= 11 is 0. The van der Waals surface area contributed by atoms with Gasteiger partial charge in [0.05, 0.1) is 12.2 Å². The van der Waals surface area contributed by atoms with Gasteiger partial charge in [-0.15, -0.1) is 10.2 Å². The minimum atomic E-state index is -0.392. The number of fused-ring (bicyclic) bond motifs is 4. The maximum absolute atomic E-state index is 12.2. The van der Waals surface area contributed by atoms with Crippen LogP contribution in [-0.2, 0) is 9.53 Å². The summed E-state index contributed by atoms with van der Waals surface area (Å²) in [6.45, 7) is 10.1. The molecule has 1 unspecified atom stereocenters. The smallest absolute Gasteiger partial charge is 0.259 e. The van der Waals surface area contributed by atoms with Gasteiger partial charge in [-0.1, -0.05) is 19.2 Å². The van der Waals surface area contributed by atoms with Crippen LogP contribution in [0.1, 0.15) is 25.8 Å². The molecule has 0 radical (unpaired) electrons. The number of pyridine rings is 1. The molecule has 3 rings (SSSR count). The summed E-state index contributed by atoms with van der Waals surface area (Å²) in [4.78, 5) is 16.7. The predicted octanol–water partition coefficient (Wildman–Crippen LogP) is 2.72. The third-order valence-corrected chi connectivity index (χ3v) is 3.92. The van der Waals surface area contributed by atoms with E-state index in [2.05, 4.69) is 40.6 Å². The Morgan fingerprint density at radius 2 is 2.21 bits per heavy atom. The van der Waals surface area contributed by atoms with Crippen LogP contribution < -0.4 is 5.32 Å². The van der Waals surface area contributed by atoms with Crippen molar-refractivity contribution in [3.63, 3.8) is 0 Å². The summed E-state index contributed by atoms with van der Waals surface area (Å²) < 4.78 is 7.51. The fraction of sp³-hybridized carbons (Fsp3) is 0.294. The number of carbonyl (C=O) groups is 1. The number of nitrogens with one attached hydrogen (secondary N) is 1. The molecule has 0 saturated heterocycles. The Labute approximate surface area is 140 Å². The largest absolute Gasteiger partial charge is 0.493 e. The van der Waals surface area contributed by atoms with E-state index >= 15 is 0 Å². The van der Waals surface area contributed by atoms with Crippen LogP contribution in [0.3, 0.4) is 0 Å². The Morgan fingerprint density at radius 3 is 3.04 bits per heavy atom. The van der Waals surface area contributed by atoms with Crippen molar-refractivity contribution < 1.29 is 9.53 Å². The van der Waals surface area contributed by atoms with E-state index in [4.69, 9.17) is 4.74 Å². The molecule has 2 bridgehead atoms. The summed E-state index contributed by atoms with van der Waals surface area (Å²) in [6.07, 6.45) is 3.37. The average Bonchev–Trinajstić information content (AvgIpc) is 3.07. The number of nitrogens with zero attached hydrogens (tertiary/aromatic N) is 4. The second-order valence-electron chi connectivity index (χ2n) is 5.67. The van der Waals surface area contributed by atoms with E-state index in [1.165, 1.54) is 0 Å². The van der Waals surface area contributed by atoms with Crippen LogP contribution in [0.15, 0.2) is 49.0 Å². The van der Waals surface area contributed by atoms with Crippen molar-refractivity contribution in [2.75, 3.05) is 11.9 Å². The predicted molar refractivity (Wildman–Crippen MR) is 90.1 cm³/mol. The molecule has 1 aliphatic heterocycles. The van der Waals surface area contributed by atoms with Crippen LogP contribution in [-0.4, -0.2) is 32.3 Å². The van der Waals surface area contributed by atoms with Gasteiger partial charge in [0.25, 0.3) is 5.91 Å². The van der Waals surface area contributed by atoms with Crippen LogP contribution in [0.5, 0.6) is 0 Å². The van der Waals surface area contributed by atoms with Gasteiger partial charge in [-0.3, -0.25) is 4.79 Å². The molecule has 3 heterocycles. The van der Waals surface area contributed by atoms with Crippen molar-refractivity contribution in [2.24, 2.45) is 0 Å². The number of rotatable bonds is 0. The Bertz CT molecular complexity index is 796. The quantitative estimate of drug-likeness (QED) is 0.753. The molecule has 0 spiro atoms. The lowest BCUT2D eigenvalue weighted by Crippen LogP contribution is -2.17. The zero-order valence-electron chi connectivity index (χ0n) is 13.5. The molecule has 24 heavy (non-hydrogen) atoms. The highest BCUT2D eigenvalue weighted by Gasteiger charge is 2.17. The van der Waals surface area contributed by atoms with Crippen LogP contribution in [0.4, 0.5) is 5.82 Å². The Kier molecular flexibility index (Phi) is 4.41. The van der Waals surface area contributed by atoms with Gasteiger partial charge < -0.3 is 14.6 Å². The maximum atomic E-state index is 12.2. The van der Waals surface area contributed by atoms with Crippen LogP contribution in [0.2, 0.25) is 0 Å². The zero-order valence-corrected chi connectivity index (χ0v) is 13.5. The average molecular weight is 325 g/mol. The number of anilines is 1. The lowest BCUT2D eigenvalue weighted by atomic mass is 10.1. The molecule has 2 aromatic rings. The summed E-state index contributed by atoms with van der Waals surface area (Å²) in [5.74, 6) is 0.959. The van der Waals surface area contributed by atoms with Gasteiger partial charge in [0.1, 0.15) is 23.6 Å². The van der Waals surface area contributed by atoms with Gasteiger partial charge in [-0.25, -0.2) is 4.98 Å². The number of ether oxygens (including phenoxy) is 1. The molecule has 0 fully saturated rings. The molecule has 0 saturated carbocycles. The maximum Gasteiger partial charge on any atom is 0.259 e. The first-order chi connectivity index (χ1) is 11.6. The number of hydrogen-bond donors (Lipinski definition) is 1. The van der Waals surface area contributed by atoms with Gasteiger partial charge in [-0.2, -0.15) is 0 Å². The molecular formula is C17H19N5O2. The summed E-state index contributed by atoms with van der Waals surface area (Å²) in [6, 6.07) is 5.54. The van der Waals surface area contributed by atoms with Gasteiger partial charge in [0.2, 0.25) is 0 Å². The number of carbonyl (C=O) groups excluding carboxylic acids is 1. The van der Waals surface area contributed by atoms with Crippen LogP contribution in [0, 0.1) is 0 Å². The van der Waals surface area contributed by atoms with E-state index in [1.54, 1.807) is 12.4 Å². The summed E-state index contributed by atoms with van der Waals surface area (Å²) in [5.41, 5.74) is 0.838. The van der Waals surface area contributed by atoms with E-state index < -0.39 is 5.91 Å². The highest BCUT2D eigenvalue weighted by molar-refractivity contribution is 6.05. The Hall–Kier alpha value is -2.96. The standard InChI is InChI=1S/C17H19N5O2/c1-11-6-5-9-24-13(3)12(2)17(23)20-15-8-4-7-14(19-15)16-21-18-10-22(11)16/h4,7-8,10-11H,2-3,5-6,9H2,1H3,(H,19,20,23). The highest BCUT2D eigenvalue weighted by Crippen LogP contribution is 2.23. The van der Waals surface area contributed by atoms with Gasteiger partial charge in [0, 0.05) is 6.04 Å². The Balaban J connectivity index is 2.00. The highest BCUT2D eigenvalue weighted by atomic mass is 16.5. The molecule has 7 heteroatoms. The monoisotopic (exact) mass is 325 g/mol. The van der Waals surface area contributed by atoms with Crippen molar-refractivity contribution in [3.8, 4) is 11.5 Å². The number of hydrogen-bond acceptors (Lipinski definition) is 5. The lowest BCUT2D eigenvalue weighted by Gasteiger charge is -2.17. The van der Waals surface area contributed by atoms with Crippen molar-refractivity contribution in [3.05, 3.63) is 49.0 Å². The summed E-state index contributed by atoms with van der Waals surface area (Å²) in [5, 5.41) is 10.9. The normalized spacial score (nSPS) is 19.0.